The average Bonchev–Trinajstić information content (AvgIpc) is 2.49. The van der Waals surface area contributed by atoms with Gasteiger partial charge in [-0.3, -0.25) is 10.1 Å². The predicted molar refractivity (Wildman–Crippen MR) is 81.3 cm³/mol. The molecule has 0 amide bonds. The quantitative estimate of drug-likeness (QED) is 0.642. The number of anilines is 1. The van der Waals surface area contributed by atoms with Crippen molar-refractivity contribution in [2.45, 2.75) is 51.7 Å². The van der Waals surface area contributed by atoms with Crippen LogP contribution < -0.4 is 5.32 Å². The summed E-state index contributed by atoms with van der Waals surface area (Å²) in [5, 5.41) is 14.3. The van der Waals surface area contributed by atoms with E-state index in [1.165, 1.54) is 6.07 Å². The Morgan fingerprint density at radius 2 is 2.29 bits per heavy atom. The van der Waals surface area contributed by atoms with Crippen molar-refractivity contribution >= 4 is 11.5 Å². The fraction of sp³-hybridized carbons (Fsp3) is 0.667. The highest BCUT2D eigenvalue weighted by Gasteiger charge is 2.29. The summed E-state index contributed by atoms with van der Waals surface area (Å²) in [7, 11) is 0. The Morgan fingerprint density at radius 3 is 2.95 bits per heavy atom. The van der Waals surface area contributed by atoms with E-state index in [1.807, 2.05) is 0 Å². The first-order valence-electron chi connectivity index (χ1n) is 7.63. The van der Waals surface area contributed by atoms with Gasteiger partial charge in [0.15, 0.2) is 0 Å². The molecule has 2 atom stereocenters. The molecule has 1 aliphatic heterocycles. The lowest BCUT2D eigenvalue weighted by Crippen LogP contribution is -2.38. The molecule has 6 nitrogen and oxygen atoms in total. The van der Waals surface area contributed by atoms with Gasteiger partial charge >= 0.3 is 5.69 Å². The van der Waals surface area contributed by atoms with Crippen LogP contribution >= 0.6 is 0 Å². The zero-order valence-electron chi connectivity index (χ0n) is 12.6. The van der Waals surface area contributed by atoms with Crippen molar-refractivity contribution in [1.82, 2.24) is 4.98 Å². The van der Waals surface area contributed by atoms with Crippen molar-refractivity contribution < 1.29 is 9.66 Å². The maximum absolute atomic E-state index is 11.0. The standard InChI is InChI=1S/C15H23N3O3/c1-3-11(4-2)14-10-12(7-9-21-14)17-15-13(18(19)20)6-5-8-16-15/h5-6,8,11-12,14H,3-4,7,9-10H2,1-2H3,(H,16,17). The molecule has 1 saturated heterocycles. The Morgan fingerprint density at radius 1 is 1.52 bits per heavy atom. The molecule has 0 aliphatic carbocycles. The highest BCUT2D eigenvalue weighted by molar-refractivity contribution is 5.55. The Kier molecular flexibility index (Phi) is 5.50. The van der Waals surface area contributed by atoms with Gasteiger partial charge in [-0.25, -0.2) is 4.98 Å². The van der Waals surface area contributed by atoms with Crippen molar-refractivity contribution in [1.29, 1.82) is 0 Å². The second-order valence-corrected chi connectivity index (χ2v) is 5.48. The maximum Gasteiger partial charge on any atom is 0.311 e. The Balaban J connectivity index is 2.04. The van der Waals surface area contributed by atoms with Gasteiger partial charge in [0.25, 0.3) is 0 Å². The van der Waals surface area contributed by atoms with E-state index in [1.54, 1.807) is 12.3 Å². The van der Waals surface area contributed by atoms with Crippen LogP contribution in [0.1, 0.15) is 39.5 Å². The number of pyridine rings is 1. The van der Waals surface area contributed by atoms with Crippen LogP contribution in [-0.2, 0) is 4.74 Å². The van der Waals surface area contributed by atoms with Crippen LogP contribution in [-0.4, -0.2) is 28.7 Å². The number of nitrogens with one attached hydrogen (secondary N) is 1. The minimum Gasteiger partial charge on any atom is -0.378 e. The van der Waals surface area contributed by atoms with Gasteiger partial charge in [0.1, 0.15) is 0 Å². The van der Waals surface area contributed by atoms with Crippen molar-refractivity contribution in [2.75, 3.05) is 11.9 Å². The highest BCUT2D eigenvalue weighted by Crippen LogP contribution is 2.28. The fourth-order valence-electron chi connectivity index (χ4n) is 2.95. The zero-order chi connectivity index (χ0) is 15.2. The van der Waals surface area contributed by atoms with Crippen LogP contribution in [0, 0.1) is 16.0 Å². The molecule has 1 fully saturated rings. The number of hydrogen-bond acceptors (Lipinski definition) is 5. The summed E-state index contributed by atoms with van der Waals surface area (Å²) in [4.78, 5) is 14.7. The summed E-state index contributed by atoms with van der Waals surface area (Å²) in [5.74, 6) is 0.908. The lowest BCUT2D eigenvalue weighted by Gasteiger charge is -2.34. The number of rotatable bonds is 6. The third kappa shape index (κ3) is 3.91. The lowest BCUT2D eigenvalue weighted by atomic mass is 9.89. The second-order valence-electron chi connectivity index (χ2n) is 5.48. The lowest BCUT2D eigenvalue weighted by molar-refractivity contribution is -0.384. The molecule has 1 aliphatic rings. The van der Waals surface area contributed by atoms with Crippen molar-refractivity contribution in [3.8, 4) is 0 Å². The number of ether oxygens (including phenoxy) is 1. The van der Waals surface area contributed by atoms with E-state index >= 15 is 0 Å². The molecule has 0 radical (unpaired) electrons. The summed E-state index contributed by atoms with van der Waals surface area (Å²) < 4.78 is 5.87. The summed E-state index contributed by atoms with van der Waals surface area (Å²) in [6.45, 7) is 5.05. The second kappa shape index (κ2) is 7.36. The van der Waals surface area contributed by atoms with E-state index in [4.69, 9.17) is 4.74 Å². The zero-order valence-corrected chi connectivity index (χ0v) is 12.6. The normalized spacial score (nSPS) is 22.2. The maximum atomic E-state index is 11.0. The molecule has 0 bridgehead atoms. The minimum absolute atomic E-state index is 0.0306. The average molecular weight is 293 g/mol. The minimum atomic E-state index is -0.396. The van der Waals surface area contributed by atoms with Crippen LogP contribution in [0.4, 0.5) is 11.5 Å². The molecular weight excluding hydrogens is 270 g/mol. The molecule has 116 valence electrons. The first-order chi connectivity index (χ1) is 10.2. The van der Waals surface area contributed by atoms with E-state index in [-0.39, 0.29) is 17.8 Å². The molecular formula is C15H23N3O3. The van der Waals surface area contributed by atoms with E-state index in [0.29, 0.717) is 18.3 Å². The summed E-state index contributed by atoms with van der Waals surface area (Å²) >= 11 is 0. The molecule has 1 aromatic heterocycles. The van der Waals surface area contributed by atoms with Gasteiger partial charge in [0, 0.05) is 24.9 Å². The van der Waals surface area contributed by atoms with Crippen molar-refractivity contribution in [3.05, 3.63) is 28.4 Å². The van der Waals surface area contributed by atoms with E-state index in [9.17, 15) is 10.1 Å². The van der Waals surface area contributed by atoms with Gasteiger partial charge in [-0.15, -0.1) is 0 Å². The molecule has 2 rings (SSSR count). The van der Waals surface area contributed by atoms with Crippen LogP contribution in [0.3, 0.4) is 0 Å². The molecule has 2 heterocycles. The summed E-state index contributed by atoms with van der Waals surface area (Å²) in [5.41, 5.74) is 0.0306. The van der Waals surface area contributed by atoms with Crippen LogP contribution in [0.25, 0.3) is 0 Å². The summed E-state index contributed by atoms with van der Waals surface area (Å²) in [6.07, 6.45) is 5.72. The first-order valence-corrected chi connectivity index (χ1v) is 7.63. The molecule has 0 saturated carbocycles. The molecule has 6 heteroatoms. The van der Waals surface area contributed by atoms with Gasteiger partial charge in [-0.1, -0.05) is 26.7 Å². The van der Waals surface area contributed by atoms with Gasteiger partial charge in [-0.2, -0.15) is 0 Å². The molecule has 0 aromatic carbocycles. The fourth-order valence-corrected chi connectivity index (χ4v) is 2.95. The Labute approximate surface area is 125 Å². The topological polar surface area (TPSA) is 77.3 Å². The van der Waals surface area contributed by atoms with Crippen LogP contribution in [0.15, 0.2) is 18.3 Å². The monoisotopic (exact) mass is 293 g/mol. The Bertz CT molecular complexity index is 477. The molecule has 1 N–H and O–H groups in total. The third-order valence-corrected chi connectivity index (χ3v) is 4.21. The summed E-state index contributed by atoms with van der Waals surface area (Å²) in [6, 6.07) is 3.24. The SMILES string of the molecule is CCC(CC)C1CC(Nc2ncccc2[N+](=O)[O-])CCO1. The van der Waals surface area contributed by atoms with E-state index in [0.717, 1.165) is 25.7 Å². The number of nitro groups is 1. The molecule has 1 aromatic rings. The molecule has 2 unspecified atom stereocenters. The molecule has 21 heavy (non-hydrogen) atoms. The van der Waals surface area contributed by atoms with Gasteiger partial charge < -0.3 is 10.1 Å². The van der Waals surface area contributed by atoms with Crippen LogP contribution in [0.2, 0.25) is 0 Å². The first kappa shape index (κ1) is 15.7. The van der Waals surface area contributed by atoms with Crippen LogP contribution in [0.5, 0.6) is 0 Å². The van der Waals surface area contributed by atoms with Crippen molar-refractivity contribution in [3.63, 3.8) is 0 Å². The van der Waals surface area contributed by atoms with Crippen molar-refractivity contribution in [2.24, 2.45) is 5.92 Å². The van der Waals surface area contributed by atoms with Gasteiger partial charge in [0.2, 0.25) is 5.82 Å². The van der Waals surface area contributed by atoms with Gasteiger partial charge in [-0.05, 0) is 24.8 Å². The number of nitrogens with zero attached hydrogens (tertiary/aromatic N) is 2. The Hall–Kier alpha value is -1.69. The van der Waals surface area contributed by atoms with E-state index < -0.39 is 4.92 Å². The van der Waals surface area contributed by atoms with E-state index in [2.05, 4.69) is 24.1 Å². The predicted octanol–water partition coefficient (Wildman–Crippen LogP) is 3.39. The number of hydrogen-bond donors (Lipinski definition) is 1. The highest BCUT2D eigenvalue weighted by atomic mass is 16.6. The van der Waals surface area contributed by atoms with Gasteiger partial charge in [0.05, 0.1) is 11.0 Å². The number of aromatic nitrogens is 1. The largest absolute Gasteiger partial charge is 0.378 e. The smallest absolute Gasteiger partial charge is 0.311 e. The third-order valence-electron chi connectivity index (χ3n) is 4.21. The molecule has 0 spiro atoms.